The Labute approximate surface area is 153 Å². The van der Waals surface area contributed by atoms with E-state index in [1.165, 1.54) is 0 Å². The molecule has 0 unspecified atom stereocenters. The van der Waals surface area contributed by atoms with Crippen molar-refractivity contribution in [1.29, 1.82) is 0 Å². The molecule has 0 radical (unpaired) electrons. The van der Waals surface area contributed by atoms with Gasteiger partial charge in [0.1, 0.15) is 25.3 Å². The average molecular weight is 364 g/mol. The normalized spacial score (nSPS) is 15.0. The molecule has 5 rings (SSSR count). The van der Waals surface area contributed by atoms with Gasteiger partial charge in [0.15, 0.2) is 11.5 Å². The molecule has 2 aliphatic rings. The fourth-order valence-electron chi connectivity index (χ4n) is 3.53. The lowest BCUT2D eigenvalue weighted by Gasteiger charge is -2.19. The van der Waals surface area contributed by atoms with Gasteiger partial charge in [-0.25, -0.2) is 4.68 Å². The van der Waals surface area contributed by atoms with Crippen molar-refractivity contribution in [1.82, 2.24) is 15.0 Å². The predicted octanol–water partition coefficient (Wildman–Crippen LogP) is 1.15. The number of ether oxygens (including phenoxy) is 2. The van der Waals surface area contributed by atoms with Crippen molar-refractivity contribution in [2.24, 2.45) is 0 Å². The number of carbonyl (C=O) groups is 1. The number of hydrogen-bond donors (Lipinski definition) is 0. The molecule has 3 heterocycles. The molecule has 0 atom stereocenters. The number of nitrogens with zero attached hydrogens (tertiary/aromatic N) is 4. The van der Waals surface area contributed by atoms with Gasteiger partial charge < -0.3 is 14.4 Å². The van der Waals surface area contributed by atoms with Crippen LogP contribution in [0.2, 0.25) is 0 Å². The van der Waals surface area contributed by atoms with Crippen LogP contribution < -0.4 is 19.9 Å². The standard InChI is InChI=1S/C19H16N4O4/c24-18(22-6-5-12-3-1-2-4-15(12)22)11-23-19(25)13-9-16-17(27-8-7-26-16)10-14(13)20-21-23/h1-4,9-10H,5-8,11H2. The van der Waals surface area contributed by atoms with E-state index in [2.05, 4.69) is 10.3 Å². The van der Waals surface area contributed by atoms with Gasteiger partial charge in [-0.05, 0) is 24.1 Å². The molecule has 1 amide bonds. The van der Waals surface area contributed by atoms with E-state index in [0.717, 1.165) is 22.4 Å². The molecule has 0 saturated heterocycles. The molecule has 0 spiro atoms. The molecule has 0 fully saturated rings. The first-order chi connectivity index (χ1) is 13.2. The summed E-state index contributed by atoms with van der Waals surface area (Å²) >= 11 is 0. The minimum atomic E-state index is -0.377. The van der Waals surface area contributed by atoms with Gasteiger partial charge in [0, 0.05) is 18.3 Å². The summed E-state index contributed by atoms with van der Waals surface area (Å²) in [5.41, 5.74) is 2.06. The van der Waals surface area contributed by atoms with Crippen LogP contribution in [-0.4, -0.2) is 40.7 Å². The highest BCUT2D eigenvalue weighted by Gasteiger charge is 2.25. The molecule has 3 aromatic rings. The molecule has 1 aromatic heterocycles. The van der Waals surface area contributed by atoms with Crippen LogP contribution >= 0.6 is 0 Å². The van der Waals surface area contributed by atoms with E-state index < -0.39 is 0 Å². The van der Waals surface area contributed by atoms with Crippen LogP contribution in [0.25, 0.3) is 10.9 Å². The van der Waals surface area contributed by atoms with E-state index in [1.54, 1.807) is 17.0 Å². The van der Waals surface area contributed by atoms with E-state index in [9.17, 15) is 9.59 Å². The lowest BCUT2D eigenvalue weighted by Crippen LogP contribution is -2.36. The van der Waals surface area contributed by atoms with Crippen LogP contribution in [0.4, 0.5) is 5.69 Å². The van der Waals surface area contributed by atoms with Crippen molar-refractivity contribution in [2.75, 3.05) is 24.7 Å². The molecule has 0 N–H and O–H groups in total. The number of aromatic nitrogens is 3. The lowest BCUT2D eigenvalue weighted by atomic mass is 10.2. The molecule has 0 saturated carbocycles. The summed E-state index contributed by atoms with van der Waals surface area (Å²) < 4.78 is 12.1. The molecular weight excluding hydrogens is 348 g/mol. The highest BCUT2D eigenvalue weighted by atomic mass is 16.6. The van der Waals surface area contributed by atoms with Gasteiger partial charge in [-0.1, -0.05) is 23.4 Å². The maximum Gasteiger partial charge on any atom is 0.278 e. The maximum absolute atomic E-state index is 12.8. The van der Waals surface area contributed by atoms with Crippen LogP contribution in [-0.2, 0) is 17.8 Å². The second-order valence-electron chi connectivity index (χ2n) is 6.49. The minimum absolute atomic E-state index is 0.162. The predicted molar refractivity (Wildman–Crippen MR) is 97.3 cm³/mol. The van der Waals surface area contributed by atoms with Crippen molar-refractivity contribution >= 4 is 22.5 Å². The summed E-state index contributed by atoms with van der Waals surface area (Å²) in [5, 5.41) is 8.36. The number of fused-ring (bicyclic) bond motifs is 3. The summed E-state index contributed by atoms with van der Waals surface area (Å²) in [6.45, 7) is 1.32. The molecule has 8 nitrogen and oxygen atoms in total. The highest BCUT2D eigenvalue weighted by Crippen LogP contribution is 2.32. The number of anilines is 1. The Bertz CT molecular complexity index is 1120. The number of hydrogen-bond acceptors (Lipinski definition) is 6. The van der Waals surface area contributed by atoms with Crippen LogP contribution in [0.1, 0.15) is 5.56 Å². The Morgan fingerprint density at radius 1 is 1.11 bits per heavy atom. The third-order valence-corrected chi connectivity index (χ3v) is 4.86. The number of amides is 1. The molecule has 0 aliphatic carbocycles. The fourth-order valence-corrected chi connectivity index (χ4v) is 3.53. The van der Waals surface area contributed by atoms with E-state index in [4.69, 9.17) is 9.47 Å². The Hall–Kier alpha value is -3.42. The SMILES string of the molecule is O=C(Cn1nnc2cc3c(cc2c1=O)OCCO3)N1CCc2ccccc21. The lowest BCUT2D eigenvalue weighted by molar-refractivity contribution is -0.119. The summed E-state index contributed by atoms with van der Waals surface area (Å²) in [6.07, 6.45) is 0.809. The summed E-state index contributed by atoms with van der Waals surface area (Å²) in [6, 6.07) is 11.0. The van der Waals surface area contributed by atoms with E-state index >= 15 is 0 Å². The topological polar surface area (TPSA) is 86.5 Å². The number of para-hydroxylation sites is 1. The second-order valence-corrected chi connectivity index (χ2v) is 6.49. The van der Waals surface area contributed by atoms with Gasteiger partial charge in [-0.3, -0.25) is 9.59 Å². The van der Waals surface area contributed by atoms with Crippen molar-refractivity contribution in [2.45, 2.75) is 13.0 Å². The maximum atomic E-state index is 12.8. The zero-order valence-corrected chi connectivity index (χ0v) is 14.4. The Balaban J connectivity index is 1.48. The third-order valence-electron chi connectivity index (χ3n) is 4.86. The molecule has 136 valence electrons. The monoisotopic (exact) mass is 364 g/mol. The smallest absolute Gasteiger partial charge is 0.278 e. The molecule has 2 aromatic carbocycles. The summed E-state index contributed by atoms with van der Waals surface area (Å²) in [4.78, 5) is 27.2. The Morgan fingerprint density at radius 2 is 1.89 bits per heavy atom. The Morgan fingerprint density at radius 3 is 2.74 bits per heavy atom. The number of benzene rings is 2. The Kier molecular flexibility index (Phi) is 3.56. The van der Waals surface area contributed by atoms with Crippen LogP contribution in [0.5, 0.6) is 11.5 Å². The van der Waals surface area contributed by atoms with Gasteiger partial charge in [-0.2, -0.15) is 0 Å². The largest absolute Gasteiger partial charge is 0.486 e. The van der Waals surface area contributed by atoms with E-state index in [-0.39, 0.29) is 18.0 Å². The third kappa shape index (κ3) is 2.61. The van der Waals surface area contributed by atoms with E-state index in [1.807, 2.05) is 24.3 Å². The second kappa shape index (κ2) is 6.08. The van der Waals surface area contributed by atoms with Crippen molar-refractivity contribution in [3.8, 4) is 11.5 Å². The highest BCUT2D eigenvalue weighted by molar-refractivity contribution is 5.95. The van der Waals surface area contributed by atoms with Crippen molar-refractivity contribution in [3.63, 3.8) is 0 Å². The first-order valence-corrected chi connectivity index (χ1v) is 8.76. The van der Waals surface area contributed by atoms with Crippen LogP contribution in [0.15, 0.2) is 41.2 Å². The molecule has 27 heavy (non-hydrogen) atoms. The van der Waals surface area contributed by atoms with Crippen LogP contribution in [0, 0.1) is 0 Å². The fraction of sp³-hybridized carbons (Fsp3) is 0.263. The average Bonchev–Trinajstić information content (AvgIpc) is 3.13. The molecule has 2 aliphatic heterocycles. The van der Waals surface area contributed by atoms with E-state index in [0.29, 0.717) is 42.2 Å². The van der Waals surface area contributed by atoms with Crippen molar-refractivity contribution in [3.05, 3.63) is 52.3 Å². The van der Waals surface area contributed by atoms with Crippen molar-refractivity contribution < 1.29 is 14.3 Å². The minimum Gasteiger partial charge on any atom is -0.486 e. The zero-order chi connectivity index (χ0) is 18.4. The summed E-state index contributed by atoms with van der Waals surface area (Å²) in [7, 11) is 0. The van der Waals surface area contributed by atoms with Gasteiger partial charge >= 0.3 is 0 Å². The number of rotatable bonds is 2. The van der Waals surface area contributed by atoms with Gasteiger partial charge in [-0.15, -0.1) is 5.10 Å². The first kappa shape index (κ1) is 15.8. The quantitative estimate of drug-likeness (QED) is 0.678. The van der Waals surface area contributed by atoms with Gasteiger partial charge in [0.25, 0.3) is 5.56 Å². The van der Waals surface area contributed by atoms with Gasteiger partial charge in [0.2, 0.25) is 5.91 Å². The van der Waals surface area contributed by atoms with Crippen LogP contribution in [0.3, 0.4) is 0 Å². The summed E-state index contributed by atoms with van der Waals surface area (Å²) in [5.74, 6) is 0.864. The first-order valence-electron chi connectivity index (χ1n) is 8.76. The molecule has 0 bridgehead atoms. The molecular formula is C19H16N4O4. The number of carbonyl (C=O) groups excluding carboxylic acids is 1. The zero-order valence-electron chi connectivity index (χ0n) is 14.4. The van der Waals surface area contributed by atoms with Gasteiger partial charge in [0.05, 0.1) is 5.39 Å². The molecule has 8 heteroatoms.